The highest BCUT2D eigenvalue weighted by Gasteiger charge is 2.39. The Bertz CT molecular complexity index is 752. The predicted octanol–water partition coefficient (Wildman–Crippen LogP) is 0.245. The molecular formula is C20H28N4O4. The molecule has 8 heteroatoms. The molecule has 2 aliphatic rings. The fourth-order valence-corrected chi connectivity index (χ4v) is 3.62. The van der Waals surface area contributed by atoms with E-state index in [-0.39, 0.29) is 24.1 Å². The van der Waals surface area contributed by atoms with Gasteiger partial charge in [0.1, 0.15) is 6.04 Å². The summed E-state index contributed by atoms with van der Waals surface area (Å²) in [5.74, 6) is -0.799. The molecule has 2 aliphatic heterocycles. The van der Waals surface area contributed by atoms with Crippen LogP contribution in [0.4, 0.5) is 0 Å². The summed E-state index contributed by atoms with van der Waals surface area (Å²) in [4.78, 5) is 39.9. The molecule has 2 heterocycles. The number of nitrogens with two attached hydrogens (primary N) is 1. The van der Waals surface area contributed by atoms with Gasteiger partial charge in [-0.2, -0.15) is 0 Å². The number of carbonyl (C=O) groups is 3. The van der Waals surface area contributed by atoms with Crippen LogP contribution in [0.5, 0.6) is 0 Å². The van der Waals surface area contributed by atoms with Crippen LogP contribution < -0.4 is 11.1 Å². The number of piperidine rings is 1. The lowest BCUT2D eigenvalue weighted by molar-refractivity contribution is -0.136. The first kappa shape index (κ1) is 20.4. The number of imide groups is 1. The van der Waals surface area contributed by atoms with Crippen LogP contribution in [0.1, 0.15) is 40.7 Å². The van der Waals surface area contributed by atoms with Gasteiger partial charge in [-0.3, -0.25) is 24.6 Å². The number of hydrogen-bond acceptors (Lipinski definition) is 6. The zero-order valence-electron chi connectivity index (χ0n) is 16.3. The summed E-state index contributed by atoms with van der Waals surface area (Å²) in [6, 6.07) is 5.25. The van der Waals surface area contributed by atoms with Crippen LogP contribution in [0.3, 0.4) is 0 Å². The number of hydrogen-bond donors (Lipinski definition) is 2. The third-order valence-electron chi connectivity index (χ3n) is 5.15. The molecule has 1 aromatic carbocycles. The number of carbonyl (C=O) groups excluding carboxylic acids is 3. The molecule has 1 fully saturated rings. The van der Waals surface area contributed by atoms with Crippen molar-refractivity contribution in [3.05, 3.63) is 34.9 Å². The van der Waals surface area contributed by atoms with Crippen molar-refractivity contribution in [2.75, 3.05) is 33.4 Å². The van der Waals surface area contributed by atoms with Gasteiger partial charge in [0.05, 0.1) is 6.61 Å². The zero-order valence-corrected chi connectivity index (χ0v) is 16.3. The van der Waals surface area contributed by atoms with Crippen LogP contribution in [0.2, 0.25) is 0 Å². The van der Waals surface area contributed by atoms with E-state index in [2.05, 4.69) is 10.2 Å². The lowest BCUT2D eigenvalue weighted by Gasteiger charge is -2.29. The van der Waals surface area contributed by atoms with E-state index in [1.807, 2.05) is 25.2 Å². The second-order valence-corrected chi connectivity index (χ2v) is 7.38. The van der Waals surface area contributed by atoms with Gasteiger partial charge in [0.25, 0.3) is 5.91 Å². The highest BCUT2D eigenvalue weighted by molar-refractivity contribution is 6.05. The van der Waals surface area contributed by atoms with E-state index in [1.54, 1.807) is 4.90 Å². The molecule has 28 heavy (non-hydrogen) atoms. The second kappa shape index (κ2) is 9.27. The maximum absolute atomic E-state index is 12.7. The molecule has 1 atom stereocenters. The van der Waals surface area contributed by atoms with E-state index in [0.29, 0.717) is 38.3 Å². The van der Waals surface area contributed by atoms with Crippen molar-refractivity contribution in [3.63, 3.8) is 0 Å². The monoisotopic (exact) mass is 388 g/mol. The Morgan fingerprint density at radius 3 is 2.86 bits per heavy atom. The van der Waals surface area contributed by atoms with Crippen LogP contribution in [-0.4, -0.2) is 66.9 Å². The summed E-state index contributed by atoms with van der Waals surface area (Å²) in [6.45, 7) is 3.94. The average molecular weight is 388 g/mol. The Hall–Kier alpha value is -2.29. The van der Waals surface area contributed by atoms with Crippen LogP contribution in [0, 0.1) is 0 Å². The highest BCUT2D eigenvalue weighted by Crippen LogP contribution is 2.28. The molecule has 1 aromatic rings. The van der Waals surface area contributed by atoms with Gasteiger partial charge in [0.2, 0.25) is 11.8 Å². The maximum atomic E-state index is 12.7. The minimum Gasteiger partial charge on any atom is -0.380 e. The van der Waals surface area contributed by atoms with Crippen molar-refractivity contribution in [3.8, 4) is 0 Å². The smallest absolute Gasteiger partial charge is 0.255 e. The van der Waals surface area contributed by atoms with Crippen LogP contribution in [-0.2, 0) is 27.4 Å². The third-order valence-corrected chi connectivity index (χ3v) is 5.15. The molecule has 1 saturated heterocycles. The van der Waals surface area contributed by atoms with Crippen LogP contribution in [0.25, 0.3) is 0 Å². The van der Waals surface area contributed by atoms with Gasteiger partial charge in [0.15, 0.2) is 0 Å². The Kier molecular flexibility index (Phi) is 6.77. The van der Waals surface area contributed by atoms with Crippen molar-refractivity contribution in [2.24, 2.45) is 5.73 Å². The number of benzene rings is 1. The van der Waals surface area contributed by atoms with Gasteiger partial charge in [-0.1, -0.05) is 12.1 Å². The third kappa shape index (κ3) is 4.76. The van der Waals surface area contributed by atoms with Gasteiger partial charge in [0, 0.05) is 38.2 Å². The topological polar surface area (TPSA) is 105 Å². The number of nitrogens with zero attached hydrogens (tertiary/aromatic N) is 2. The molecule has 0 radical (unpaired) electrons. The number of nitrogens with one attached hydrogen (secondary N) is 1. The van der Waals surface area contributed by atoms with E-state index in [4.69, 9.17) is 10.5 Å². The molecule has 0 bridgehead atoms. The first-order valence-corrected chi connectivity index (χ1v) is 9.72. The van der Waals surface area contributed by atoms with Gasteiger partial charge >= 0.3 is 0 Å². The number of likely N-dealkylation sites (N-methyl/N-ethyl adjacent to an activating group) is 1. The molecule has 152 valence electrons. The molecule has 0 aliphatic carbocycles. The van der Waals surface area contributed by atoms with Crippen LogP contribution in [0.15, 0.2) is 18.2 Å². The quantitative estimate of drug-likeness (QED) is 0.464. The SMILES string of the molecule is CN(CCOCCCN)Cc1ccc2c(c1)CN(C1CCC(=O)NC1=O)C2=O. The summed E-state index contributed by atoms with van der Waals surface area (Å²) in [7, 11) is 2.03. The summed E-state index contributed by atoms with van der Waals surface area (Å²) in [5.41, 5.74) is 8.13. The molecule has 0 saturated carbocycles. The lowest BCUT2D eigenvalue weighted by Crippen LogP contribution is -2.52. The van der Waals surface area contributed by atoms with E-state index in [0.717, 1.165) is 30.6 Å². The fourth-order valence-electron chi connectivity index (χ4n) is 3.62. The first-order chi connectivity index (χ1) is 13.5. The van der Waals surface area contributed by atoms with E-state index < -0.39 is 6.04 Å². The molecule has 3 amide bonds. The van der Waals surface area contributed by atoms with Gasteiger partial charge in [-0.05, 0) is 43.6 Å². The number of amides is 3. The lowest BCUT2D eigenvalue weighted by atomic mass is 10.0. The van der Waals surface area contributed by atoms with E-state index >= 15 is 0 Å². The Morgan fingerprint density at radius 1 is 1.29 bits per heavy atom. The Morgan fingerprint density at radius 2 is 2.11 bits per heavy atom. The molecular weight excluding hydrogens is 360 g/mol. The van der Waals surface area contributed by atoms with Gasteiger partial charge in [-0.15, -0.1) is 0 Å². The highest BCUT2D eigenvalue weighted by atomic mass is 16.5. The molecule has 0 spiro atoms. The summed E-state index contributed by atoms with van der Waals surface area (Å²) in [5, 5.41) is 2.33. The standard InChI is InChI=1S/C20H28N4O4/c1-23(8-10-28-9-2-7-21)12-14-3-4-16-15(11-14)13-24(20(16)27)17-5-6-18(25)22-19(17)26/h3-4,11,17H,2,5-10,12-13,21H2,1H3,(H,22,25,26). The molecule has 1 unspecified atom stereocenters. The number of rotatable bonds is 9. The minimum absolute atomic E-state index is 0.141. The molecule has 3 rings (SSSR count). The fraction of sp³-hybridized carbons (Fsp3) is 0.550. The van der Waals surface area contributed by atoms with Crippen molar-refractivity contribution in [1.29, 1.82) is 0 Å². The average Bonchev–Trinajstić information content (AvgIpc) is 2.97. The van der Waals surface area contributed by atoms with E-state index in [1.165, 1.54) is 0 Å². The largest absolute Gasteiger partial charge is 0.380 e. The maximum Gasteiger partial charge on any atom is 0.255 e. The molecule has 0 aromatic heterocycles. The molecule has 8 nitrogen and oxygen atoms in total. The van der Waals surface area contributed by atoms with Crippen molar-refractivity contribution >= 4 is 17.7 Å². The summed E-state index contributed by atoms with van der Waals surface area (Å²) >= 11 is 0. The zero-order chi connectivity index (χ0) is 20.1. The van der Waals surface area contributed by atoms with Gasteiger partial charge in [-0.25, -0.2) is 0 Å². The predicted molar refractivity (Wildman–Crippen MR) is 103 cm³/mol. The van der Waals surface area contributed by atoms with Crippen LogP contribution >= 0.6 is 0 Å². The van der Waals surface area contributed by atoms with Crippen molar-refractivity contribution in [2.45, 2.75) is 38.4 Å². The second-order valence-electron chi connectivity index (χ2n) is 7.38. The first-order valence-electron chi connectivity index (χ1n) is 9.72. The van der Waals surface area contributed by atoms with Crippen molar-refractivity contribution < 1.29 is 19.1 Å². The number of fused-ring (bicyclic) bond motifs is 1. The summed E-state index contributed by atoms with van der Waals surface area (Å²) < 4.78 is 5.53. The Labute approximate surface area is 165 Å². The molecule has 3 N–H and O–H groups in total. The minimum atomic E-state index is -0.575. The normalized spacial score (nSPS) is 19.3. The Balaban J connectivity index is 1.57. The number of ether oxygens (including phenoxy) is 1. The van der Waals surface area contributed by atoms with E-state index in [9.17, 15) is 14.4 Å². The summed E-state index contributed by atoms with van der Waals surface area (Å²) in [6.07, 6.45) is 1.51. The van der Waals surface area contributed by atoms with Crippen molar-refractivity contribution in [1.82, 2.24) is 15.1 Å². The van der Waals surface area contributed by atoms with Gasteiger partial charge < -0.3 is 15.4 Å².